The number of hydrogen-bond acceptors (Lipinski definition) is 4. The molecule has 0 bridgehead atoms. The summed E-state index contributed by atoms with van der Waals surface area (Å²) in [5.41, 5.74) is 0.757. The number of nitrogens with zero attached hydrogens (tertiary/aromatic N) is 3. The van der Waals surface area contributed by atoms with Gasteiger partial charge in [0, 0.05) is 55.0 Å². The molecule has 1 aliphatic heterocycles. The standard InChI is InChI=1S/C18H28ClN3O2/c1-14-13-20(10-12-22(14)18(2,3)4)9-11-21(17(23)24)16-7-5-15(19)6-8-16/h5-8,14H,9-13H2,1-4H3,(H,23,24)/p-1. The summed E-state index contributed by atoms with van der Waals surface area (Å²) >= 11 is 5.87. The van der Waals surface area contributed by atoms with Crippen LogP contribution in [-0.4, -0.2) is 60.2 Å². The summed E-state index contributed by atoms with van der Waals surface area (Å²) in [6.07, 6.45) is -1.18. The smallest absolute Gasteiger partial charge is 0.141 e. The third kappa shape index (κ3) is 4.85. The van der Waals surface area contributed by atoms with Gasteiger partial charge in [0.25, 0.3) is 0 Å². The van der Waals surface area contributed by atoms with Crippen molar-refractivity contribution in [3.63, 3.8) is 0 Å². The monoisotopic (exact) mass is 352 g/mol. The van der Waals surface area contributed by atoms with Crippen LogP contribution >= 0.6 is 11.6 Å². The van der Waals surface area contributed by atoms with Crippen LogP contribution in [0, 0.1) is 0 Å². The summed E-state index contributed by atoms with van der Waals surface area (Å²) in [4.78, 5) is 17.6. The lowest BCUT2D eigenvalue weighted by atomic mass is 10.0. The number of hydrogen-bond donors (Lipinski definition) is 0. The van der Waals surface area contributed by atoms with E-state index in [0.717, 1.165) is 19.6 Å². The lowest BCUT2D eigenvalue weighted by Gasteiger charge is -2.47. The first-order chi connectivity index (χ1) is 11.2. The second kappa shape index (κ2) is 7.72. The Balaban J connectivity index is 1.94. The molecular weight excluding hydrogens is 326 g/mol. The van der Waals surface area contributed by atoms with Crippen LogP contribution in [0.2, 0.25) is 5.02 Å². The highest BCUT2D eigenvalue weighted by Gasteiger charge is 2.31. The third-order valence-electron chi connectivity index (χ3n) is 4.57. The van der Waals surface area contributed by atoms with Crippen LogP contribution in [0.15, 0.2) is 24.3 Å². The SMILES string of the molecule is CC1CN(CCN(C(=O)[O-])c2ccc(Cl)cc2)CCN1C(C)(C)C. The Hall–Kier alpha value is -1.30. The fourth-order valence-corrected chi connectivity index (χ4v) is 3.55. The lowest BCUT2D eigenvalue weighted by molar-refractivity contribution is -0.246. The second-order valence-corrected chi connectivity index (χ2v) is 7.84. The molecule has 24 heavy (non-hydrogen) atoms. The molecule has 5 nitrogen and oxygen atoms in total. The van der Waals surface area contributed by atoms with Crippen molar-refractivity contribution in [3.8, 4) is 0 Å². The topological polar surface area (TPSA) is 49.9 Å². The van der Waals surface area contributed by atoms with Crippen LogP contribution in [0.25, 0.3) is 0 Å². The number of anilines is 1. The second-order valence-electron chi connectivity index (χ2n) is 7.41. The molecular formula is C18H27ClN3O2-. The van der Waals surface area contributed by atoms with Gasteiger partial charge < -0.3 is 14.8 Å². The molecule has 2 rings (SSSR count). The Morgan fingerprint density at radius 3 is 2.42 bits per heavy atom. The minimum absolute atomic E-state index is 0.159. The maximum absolute atomic E-state index is 11.5. The number of carbonyl (C=O) groups is 1. The fraction of sp³-hybridized carbons (Fsp3) is 0.611. The van der Waals surface area contributed by atoms with Gasteiger partial charge in [-0.1, -0.05) is 11.6 Å². The largest absolute Gasteiger partial charge is 0.530 e. The molecule has 1 aromatic carbocycles. The van der Waals surface area contributed by atoms with Crippen LogP contribution in [0.1, 0.15) is 27.7 Å². The molecule has 1 aliphatic rings. The van der Waals surface area contributed by atoms with E-state index >= 15 is 0 Å². The van der Waals surface area contributed by atoms with Crippen LogP contribution in [0.3, 0.4) is 0 Å². The molecule has 1 amide bonds. The van der Waals surface area contributed by atoms with E-state index in [1.165, 1.54) is 4.90 Å². The molecule has 1 saturated heterocycles. The van der Waals surface area contributed by atoms with E-state index in [1.54, 1.807) is 24.3 Å². The zero-order valence-corrected chi connectivity index (χ0v) is 15.7. The predicted molar refractivity (Wildman–Crippen MR) is 96.6 cm³/mol. The summed E-state index contributed by atoms with van der Waals surface area (Å²) < 4.78 is 0. The van der Waals surface area contributed by atoms with Gasteiger partial charge in [-0.05, 0) is 52.0 Å². The van der Waals surface area contributed by atoms with Gasteiger partial charge in [-0.15, -0.1) is 0 Å². The molecule has 0 N–H and O–H groups in total. The van der Waals surface area contributed by atoms with Gasteiger partial charge in [0.15, 0.2) is 0 Å². The van der Waals surface area contributed by atoms with E-state index in [0.29, 0.717) is 29.8 Å². The molecule has 134 valence electrons. The summed E-state index contributed by atoms with van der Waals surface area (Å²) in [6.45, 7) is 12.9. The van der Waals surface area contributed by atoms with E-state index in [1.807, 2.05) is 0 Å². The molecule has 0 radical (unpaired) electrons. The summed E-state index contributed by atoms with van der Waals surface area (Å²) in [6, 6.07) is 7.25. The summed E-state index contributed by atoms with van der Waals surface area (Å²) in [5.74, 6) is 0. The van der Waals surface area contributed by atoms with Crippen molar-refractivity contribution in [2.75, 3.05) is 37.6 Å². The quantitative estimate of drug-likeness (QED) is 0.834. The van der Waals surface area contributed by atoms with Gasteiger partial charge in [0.2, 0.25) is 0 Å². The number of halogens is 1. The van der Waals surface area contributed by atoms with Crippen LogP contribution < -0.4 is 10.0 Å². The number of amides is 1. The molecule has 6 heteroatoms. The maximum atomic E-state index is 11.5. The zero-order chi connectivity index (χ0) is 17.9. The van der Waals surface area contributed by atoms with E-state index in [-0.39, 0.29) is 5.54 Å². The van der Waals surface area contributed by atoms with Gasteiger partial charge in [0.05, 0.1) is 0 Å². The van der Waals surface area contributed by atoms with Crippen molar-refractivity contribution in [3.05, 3.63) is 29.3 Å². The van der Waals surface area contributed by atoms with Crippen molar-refractivity contribution in [1.82, 2.24) is 9.80 Å². The van der Waals surface area contributed by atoms with Crippen molar-refractivity contribution < 1.29 is 9.90 Å². The summed E-state index contributed by atoms with van der Waals surface area (Å²) in [5, 5.41) is 12.0. The van der Waals surface area contributed by atoms with Crippen LogP contribution in [0.4, 0.5) is 10.5 Å². The van der Waals surface area contributed by atoms with Crippen LogP contribution in [0.5, 0.6) is 0 Å². The van der Waals surface area contributed by atoms with Gasteiger partial charge in [-0.3, -0.25) is 9.80 Å². The van der Waals surface area contributed by atoms with Crippen molar-refractivity contribution in [2.45, 2.75) is 39.3 Å². The minimum atomic E-state index is -1.18. The predicted octanol–water partition coefficient (Wildman–Crippen LogP) is 2.29. The maximum Gasteiger partial charge on any atom is 0.141 e. The molecule has 1 aromatic rings. The molecule has 0 spiro atoms. The van der Waals surface area contributed by atoms with Crippen LogP contribution in [-0.2, 0) is 0 Å². The third-order valence-corrected chi connectivity index (χ3v) is 4.82. The molecule has 1 fully saturated rings. The highest BCUT2D eigenvalue weighted by atomic mass is 35.5. The normalized spacial score (nSPS) is 20.1. The molecule has 0 saturated carbocycles. The first kappa shape index (κ1) is 19.0. The van der Waals surface area contributed by atoms with E-state index < -0.39 is 6.09 Å². The van der Waals surface area contributed by atoms with Gasteiger partial charge in [-0.2, -0.15) is 0 Å². The van der Waals surface area contributed by atoms with E-state index in [9.17, 15) is 9.90 Å². The lowest BCUT2D eigenvalue weighted by Crippen LogP contribution is -2.59. The number of piperazine rings is 1. The Morgan fingerprint density at radius 1 is 1.29 bits per heavy atom. The first-order valence-corrected chi connectivity index (χ1v) is 8.79. The Kier molecular flexibility index (Phi) is 6.12. The number of benzene rings is 1. The minimum Gasteiger partial charge on any atom is -0.530 e. The van der Waals surface area contributed by atoms with Crippen molar-refractivity contribution in [1.29, 1.82) is 0 Å². The number of carboxylic acid groups (broad SMARTS) is 1. The molecule has 1 heterocycles. The number of carbonyl (C=O) groups excluding carboxylic acids is 1. The van der Waals surface area contributed by atoms with Crippen molar-refractivity contribution >= 4 is 23.4 Å². The Labute approximate surface area is 149 Å². The van der Waals surface area contributed by atoms with Gasteiger partial charge >= 0.3 is 0 Å². The van der Waals surface area contributed by atoms with Gasteiger partial charge in [-0.25, -0.2) is 0 Å². The highest BCUT2D eigenvalue weighted by Crippen LogP contribution is 2.21. The average Bonchev–Trinajstić information content (AvgIpc) is 2.47. The number of rotatable bonds is 4. The average molecular weight is 353 g/mol. The first-order valence-electron chi connectivity index (χ1n) is 8.41. The molecule has 1 atom stereocenters. The van der Waals surface area contributed by atoms with E-state index in [2.05, 4.69) is 37.5 Å². The summed E-state index contributed by atoms with van der Waals surface area (Å²) in [7, 11) is 0. The molecule has 0 aliphatic carbocycles. The molecule has 1 unspecified atom stereocenters. The Morgan fingerprint density at radius 2 is 1.92 bits per heavy atom. The van der Waals surface area contributed by atoms with Gasteiger partial charge in [0.1, 0.15) is 6.09 Å². The highest BCUT2D eigenvalue weighted by molar-refractivity contribution is 6.30. The molecule has 0 aromatic heterocycles. The van der Waals surface area contributed by atoms with Crippen molar-refractivity contribution in [2.24, 2.45) is 0 Å². The fourth-order valence-electron chi connectivity index (χ4n) is 3.42. The Bertz CT molecular complexity index is 556. The van der Waals surface area contributed by atoms with E-state index in [4.69, 9.17) is 11.6 Å². The zero-order valence-electron chi connectivity index (χ0n) is 15.0.